The van der Waals surface area contributed by atoms with Gasteiger partial charge in [0.1, 0.15) is 17.4 Å². The van der Waals surface area contributed by atoms with Crippen molar-refractivity contribution in [3.8, 4) is 11.8 Å². The normalized spacial score (nSPS) is 11.1. The second-order valence-electron chi connectivity index (χ2n) is 8.30. The number of carbonyl (C=O) groups is 1. The first-order valence-electron chi connectivity index (χ1n) is 10.6. The molecule has 5 heteroatoms. The summed E-state index contributed by atoms with van der Waals surface area (Å²) in [5.41, 5.74) is 8.03. The van der Waals surface area contributed by atoms with Gasteiger partial charge in [-0.3, -0.25) is 4.79 Å². The number of hydrogen-bond donors (Lipinski definition) is 1. The SMILES string of the molecule is COc1cc(/C=C(\C#N)C(=O)Nc2cc(C)ccc2C)cc(Br)c1Cc1cc(C)cc(C)c1. The summed E-state index contributed by atoms with van der Waals surface area (Å²) in [4.78, 5) is 12.8. The Balaban J connectivity index is 1.91. The smallest absolute Gasteiger partial charge is 0.266 e. The van der Waals surface area contributed by atoms with E-state index in [4.69, 9.17) is 4.74 Å². The van der Waals surface area contributed by atoms with Crippen molar-refractivity contribution in [3.05, 3.63) is 97.5 Å². The highest BCUT2D eigenvalue weighted by atomic mass is 79.9. The van der Waals surface area contributed by atoms with E-state index in [0.717, 1.165) is 21.2 Å². The topological polar surface area (TPSA) is 62.1 Å². The van der Waals surface area contributed by atoms with E-state index in [9.17, 15) is 10.1 Å². The lowest BCUT2D eigenvalue weighted by atomic mass is 9.98. The van der Waals surface area contributed by atoms with Crippen molar-refractivity contribution in [2.45, 2.75) is 34.1 Å². The van der Waals surface area contributed by atoms with Crippen LogP contribution in [0.1, 0.15) is 38.9 Å². The van der Waals surface area contributed by atoms with Crippen LogP contribution in [0.15, 0.2) is 58.6 Å². The fourth-order valence-electron chi connectivity index (χ4n) is 3.82. The Labute approximate surface area is 204 Å². The van der Waals surface area contributed by atoms with Crippen molar-refractivity contribution in [1.82, 2.24) is 0 Å². The molecule has 0 saturated carbocycles. The van der Waals surface area contributed by atoms with Gasteiger partial charge in [0, 0.05) is 22.1 Å². The summed E-state index contributed by atoms with van der Waals surface area (Å²) in [6.07, 6.45) is 2.28. The van der Waals surface area contributed by atoms with E-state index in [1.807, 2.05) is 50.2 Å². The van der Waals surface area contributed by atoms with Crippen molar-refractivity contribution in [1.29, 1.82) is 5.26 Å². The van der Waals surface area contributed by atoms with Crippen molar-refractivity contribution in [2.24, 2.45) is 0 Å². The minimum absolute atomic E-state index is 0.0203. The number of nitrogens with one attached hydrogen (secondary N) is 1. The summed E-state index contributed by atoms with van der Waals surface area (Å²) >= 11 is 3.66. The maximum atomic E-state index is 12.8. The van der Waals surface area contributed by atoms with E-state index < -0.39 is 5.91 Å². The summed E-state index contributed by atoms with van der Waals surface area (Å²) in [7, 11) is 1.62. The largest absolute Gasteiger partial charge is 0.496 e. The fraction of sp³-hybridized carbons (Fsp3) is 0.214. The number of benzene rings is 3. The Kier molecular flexibility index (Phi) is 7.73. The third-order valence-electron chi connectivity index (χ3n) is 5.38. The minimum Gasteiger partial charge on any atom is -0.496 e. The molecule has 33 heavy (non-hydrogen) atoms. The van der Waals surface area contributed by atoms with Gasteiger partial charge in [0.2, 0.25) is 0 Å². The van der Waals surface area contributed by atoms with Crippen LogP contribution in [0.3, 0.4) is 0 Å². The molecule has 0 unspecified atom stereocenters. The standard InChI is InChI=1S/C28H27BrN2O2/c1-17-6-7-20(4)26(11-17)31-28(32)23(16-30)12-22-14-25(29)24(27(15-22)33-5)13-21-9-18(2)8-19(3)10-21/h6-12,14-15H,13H2,1-5H3,(H,31,32)/b23-12+. The van der Waals surface area contributed by atoms with Gasteiger partial charge < -0.3 is 10.1 Å². The third-order valence-corrected chi connectivity index (χ3v) is 6.08. The molecule has 0 spiro atoms. The number of nitriles is 1. The van der Waals surface area contributed by atoms with Crippen LogP contribution in [0.2, 0.25) is 0 Å². The molecule has 0 aliphatic heterocycles. The molecule has 3 rings (SSSR count). The fourth-order valence-corrected chi connectivity index (χ4v) is 4.42. The first-order chi connectivity index (χ1) is 15.7. The van der Waals surface area contributed by atoms with Crippen molar-refractivity contribution < 1.29 is 9.53 Å². The lowest BCUT2D eigenvalue weighted by Gasteiger charge is -2.14. The third kappa shape index (κ3) is 6.12. The van der Waals surface area contributed by atoms with Gasteiger partial charge in [-0.05, 0) is 74.2 Å². The summed E-state index contributed by atoms with van der Waals surface area (Å²) in [6.45, 7) is 8.05. The molecule has 0 radical (unpaired) electrons. The number of aryl methyl sites for hydroxylation is 4. The van der Waals surface area contributed by atoms with Crippen LogP contribution >= 0.6 is 15.9 Å². The second-order valence-corrected chi connectivity index (χ2v) is 9.15. The van der Waals surface area contributed by atoms with E-state index >= 15 is 0 Å². The maximum absolute atomic E-state index is 12.8. The molecule has 168 valence electrons. The van der Waals surface area contributed by atoms with Crippen LogP contribution in [-0.4, -0.2) is 13.0 Å². The molecule has 1 amide bonds. The minimum atomic E-state index is -0.444. The highest BCUT2D eigenvalue weighted by molar-refractivity contribution is 9.10. The highest BCUT2D eigenvalue weighted by Gasteiger charge is 2.14. The second kappa shape index (κ2) is 10.5. The number of carbonyl (C=O) groups excluding carboxylic acids is 1. The molecular formula is C28H27BrN2O2. The Morgan fingerprint density at radius 2 is 1.73 bits per heavy atom. The van der Waals surface area contributed by atoms with Crippen LogP contribution in [-0.2, 0) is 11.2 Å². The van der Waals surface area contributed by atoms with Crippen molar-refractivity contribution in [2.75, 3.05) is 12.4 Å². The van der Waals surface area contributed by atoms with Gasteiger partial charge in [0.15, 0.2) is 0 Å². The number of amides is 1. The monoisotopic (exact) mass is 502 g/mol. The van der Waals surface area contributed by atoms with Crippen LogP contribution < -0.4 is 10.1 Å². The van der Waals surface area contributed by atoms with Gasteiger partial charge in [-0.1, -0.05) is 57.4 Å². The van der Waals surface area contributed by atoms with Crippen LogP contribution in [0, 0.1) is 39.0 Å². The molecule has 0 aromatic heterocycles. The van der Waals surface area contributed by atoms with Crippen LogP contribution in [0.5, 0.6) is 5.75 Å². The quantitative estimate of drug-likeness (QED) is 0.296. The molecule has 0 fully saturated rings. The Bertz CT molecular complexity index is 1270. The van der Waals surface area contributed by atoms with E-state index in [1.54, 1.807) is 13.2 Å². The zero-order valence-electron chi connectivity index (χ0n) is 19.5. The molecule has 0 aliphatic rings. The Morgan fingerprint density at radius 1 is 1.03 bits per heavy atom. The van der Waals surface area contributed by atoms with Gasteiger partial charge in [0.25, 0.3) is 5.91 Å². The molecule has 3 aromatic rings. The number of rotatable bonds is 6. The number of nitrogens with zero attached hydrogens (tertiary/aromatic N) is 1. The Morgan fingerprint density at radius 3 is 2.36 bits per heavy atom. The van der Waals surface area contributed by atoms with E-state index in [-0.39, 0.29) is 5.57 Å². The zero-order valence-corrected chi connectivity index (χ0v) is 21.1. The number of hydrogen-bond acceptors (Lipinski definition) is 3. The predicted octanol–water partition coefficient (Wildman–Crippen LogP) is 6.83. The molecule has 4 nitrogen and oxygen atoms in total. The molecule has 0 heterocycles. The zero-order chi connectivity index (χ0) is 24.1. The molecule has 3 aromatic carbocycles. The summed E-state index contributed by atoms with van der Waals surface area (Å²) in [5, 5.41) is 12.5. The van der Waals surface area contributed by atoms with Gasteiger partial charge in [-0.25, -0.2) is 0 Å². The number of ether oxygens (including phenoxy) is 1. The number of halogens is 1. The van der Waals surface area contributed by atoms with E-state index in [2.05, 4.69) is 53.3 Å². The highest BCUT2D eigenvalue weighted by Crippen LogP contribution is 2.32. The van der Waals surface area contributed by atoms with Gasteiger partial charge in [-0.2, -0.15) is 5.26 Å². The Hall–Kier alpha value is -3.36. The molecular weight excluding hydrogens is 476 g/mol. The number of anilines is 1. The van der Waals surface area contributed by atoms with Crippen LogP contribution in [0.25, 0.3) is 6.08 Å². The molecule has 0 bridgehead atoms. The lowest BCUT2D eigenvalue weighted by molar-refractivity contribution is -0.112. The summed E-state index contributed by atoms with van der Waals surface area (Å²) in [5.74, 6) is 0.252. The van der Waals surface area contributed by atoms with E-state index in [1.165, 1.54) is 16.7 Å². The van der Waals surface area contributed by atoms with E-state index in [0.29, 0.717) is 23.4 Å². The summed E-state index contributed by atoms with van der Waals surface area (Å²) < 4.78 is 6.52. The first-order valence-corrected chi connectivity index (χ1v) is 11.4. The molecule has 0 aliphatic carbocycles. The average Bonchev–Trinajstić information content (AvgIpc) is 2.75. The van der Waals surface area contributed by atoms with Crippen molar-refractivity contribution >= 4 is 33.6 Å². The van der Waals surface area contributed by atoms with Crippen molar-refractivity contribution in [3.63, 3.8) is 0 Å². The summed E-state index contributed by atoms with van der Waals surface area (Å²) in [6, 6.07) is 18.1. The van der Waals surface area contributed by atoms with Gasteiger partial charge >= 0.3 is 0 Å². The van der Waals surface area contributed by atoms with Crippen LogP contribution in [0.4, 0.5) is 5.69 Å². The average molecular weight is 503 g/mol. The number of methoxy groups -OCH3 is 1. The maximum Gasteiger partial charge on any atom is 0.266 e. The lowest BCUT2D eigenvalue weighted by Crippen LogP contribution is -2.14. The van der Waals surface area contributed by atoms with Gasteiger partial charge in [-0.15, -0.1) is 0 Å². The molecule has 1 N–H and O–H groups in total. The van der Waals surface area contributed by atoms with Gasteiger partial charge in [0.05, 0.1) is 7.11 Å². The first kappa shape index (κ1) is 24.3. The predicted molar refractivity (Wildman–Crippen MR) is 138 cm³/mol. The molecule has 0 atom stereocenters. The molecule has 0 saturated heterocycles.